The Morgan fingerprint density at radius 3 is 2.71 bits per heavy atom. The number of benzene rings is 1. The molecule has 0 saturated carbocycles. The molecule has 3 aliphatic rings. The van der Waals surface area contributed by atoms with E-state index in [2.05, 4.69) is 39.0 Å². The molecule has 0 radical (unpaired) electrons. The smallest absolute Gasteiger partial charge is 0.227 e. The molecule has 0 unspecified atom stereocenters. The first-order valence-electron chi connectivity index (χ1n) is 9.40. The maximum Gasteiger partial charge on any atom is 0.227 e. The average molecular weight is 443 g/mol. The van der Waals surface area contributed by atoms with Crippen LogP contribution in [0.3, 0.4) is 0 Å². The van der Waals surface area contributed by atoms with Crippen molar-refractivity contribution in [1.29, 1.82) is 0 Å². The van der Waals surface area contributed by atoms with Crippen molar-refractivity contribution in [2.45, 2.75) is 38.4 Å². The van der Waals surface area contributed by atoms with Gasteiger partial charge in [0, 0.05) is 31.1 Å². The van der Waals surface area contributed by atoms with E-state index in [4.69, 9.17) is 5.73 Å². The number of amides is 1. The quantitative estimate of drug-likeness (QED) is 0.746. The maximum atomic E-state index is 12.9. The number of carbonyl (C=O) groups is 1. The zero-order valence-corrected chi connectivity index (χ0v) is 18.3. The summed E-state index contributed by atoms with van der Waals surface area (Å²) in [6.45, 7) is 4.06. The van der Waals surface area contributed by atoms with Crippen LogP contribution in [0.25, 0.3) is 0 Å². The van der Waals surface area contributed by atoms with Crippen LogP contribution < -0.4 is 5.73 Å². The Morgan fingerprint density at radius 1 is 1.14 bits per heavy atom. The van der Waals surface area contributed by atoms with Crippen molar-refractivity contribution in [3.05, 3.63) is 52.0 Å². The number of hydrogen-bond acceptors (Lipinski definition) is 5. The Hall–Kier alpha value is -1.18. The van der Waals surface area contributed by atoms with E-state index in [1.807, 2.05) is 10.9 Å². The first-order valence-corrected chi connectivity index (χ1v) is 10.3. The van der Waals surface area contributed by atoms with Crippen LogP contribution in [0.2, 0.25) is 0 Å². The van der Waals surface area contributed by atoms with Crippen molar-refractivity contribution in [3.63, 3.8) is 0 Å². The molecule has 154 valence electrons. The van der Waals surface area contributed by atoms with E-state index in [1.54, 1.807) is 11.3 Å². The fraction of sp³-hybridized carbons (Fsp3) is 0.500. The summed E-state index contributed by atoms with van der Waals surface area (Å²) < 4.78 is 0. The third-order valence-electron chi connectivity index (χ3n) is 5.52. The van der Waals surface area contributed by atoms with Gasteiger partial charge in [-0.15, -0.1) is 36.2 Å². The summed E-state index contributed by atoms with van der Waals surface area (Å²) in [4.78, 5) is 21.8. The van der Waals surface area contributed by atoms with Crippen molar-refractivity contribution in [2.24, 2.45) is 11.7 Å². The highest BCUT2D eigenvalue weighted by Crippen LogP contribution is 2.31. The first-order chi connectivity index (χ1) is 12.7. The van der Waals surface area contributed by atoms with Gasteiger partial charge in [-0.05, 0) is 36.9 Å². The number of thiazole rings is 1. The molecular weight excluding hydrogens is 415 g/mol. The zero-order chi connectivity index (χ0) is 17.9. The third kappa shape index (κ3) is 5.24. The molecule has 0 aliphatic carbocycles. The Labute approximate surface area is 183 Å². The number of rotatable bonds is 6. The van der Waals surface area contributed by atoms with Gasteiger partial charge in [-0.2, -0.15) is 0 Å². The highest BCUT2D eigenvalue weighted by atomic mass is 35.5. The second-order valence-corrected chi connectivity index (χ2v) is 8.15. The SMILES string of the molecule is Cl.Cl.NCCc1cccc(CN2C[C@@H]3CC[C@H](C2)N(Cc2cscn2)C3=O)c1. The van der Waals surface area contributed by atoms with E-state index >= 15 is 0 Å². The minimum absolute atomic E-state index is 0. The van der Waals surface area contributed by atoms with Crippen molar-refractivity contribution in [1.82, 2.24) is 14.8 Å². The van der Waals surface area contributed by atoms with Crippen molar-refractivity contribution in [3.8, 4) is 0 Å². The molecule has 5 nitrogen and oxygen atoms in total. The van der Waals surface area contributed by atoms with Crippen LogP contribution in [-0.4, -0.2) is 46.4 Å². The Morgan fingerprint density at radius 2 is 1.96 bits per heavy atom. The molecule has 3 aliphatic heterocycles. The number of nitrogens with two attached hydrogens (primary N) is 1. The molecule has 3 fully saturated rings. The number of halogens is 2. The van der Waals surface area contributed by atoms with Gasteiger partial charge in [0.1, 0.15) is 0 Å². The van der Waals surface area contributed by atoms with E-state index in [0.717, 1.165) is 44.6 Å². The fourth-order valence-electron chi connectivity index (χ4n) is 4.27. The van der Waals surface area contributed by atoms with E-state index in [0.29, 0.717) is 25.0 Å². The topological polar surface area (TPSA) is 62.5 Å². The van der Waals surface area contributed by atoms with E-state index in [1.165, 1.54) is 11.1 Å². The van der Waals surface area contributed by atoms with Crippen LogP contribution in [0.5, 0.6) is 0 Å². The van der Waals surface area contributed by atoms with Gasteiger partial charge >= 0.3 is 0 Å². The van der Waals surface area contributed by atoms with Gasteiger partial charge in [0.2, 0.25) is 5.91 Å². The van der Waals surface area contributed by atoms with Gasteiger partial charge < -0.3 is 10.6 Å². The summed E-state index contributed by atoms with van der Waals surface area (Å²) in [6.07, 6.45) is 3.03. The Kier molecular flexibility index (Phi) is 8.71. The normalized spacial score (nSPS) is 21.8. The van der Waals surface area contributed by atoms with Crippen LogP contribution in [0, 0.1) is 5.92 Å². The number of fused-ring (bicyclic) bond motifs is 4. The van der Waals surface area contributed by atoms with E-state index in [9.17, 15) is 4.79 Å². The summed E-state index contributed by atoms with van der Waals surface area (Å²) >= 11 is 1.59. The lowest BCUT2D eigenvalue weighted by Crippen LogP contribution is -2.47. The summed E-state index contributed by atoms with van der Waals surface area (Å²) in [5.74, 6) is 0.438. The highest BCUT2D eigenvalue weighted by molar-refractivity contribution is 7.07. The molecule has 4 heterocycles. The molecule has 2 bridgehead atoms. The molecule has 2 N–H and O–H groups in total. The maximum absolute atomic E-state index is 12.9. The Bertz CT molecular complexity index is 758. The van der Waals surface area contributed by atoms with Crippen LogP contribution in [0.4, 0.5) is 0 Å². The standard InChI is InChI=1S/C20H26N4OS.2ClH/c21-7-6-15-2-1-3-16(8-15)9-23-10-17-4-5-19(12-23)24(20(17)25)11-18-13-26-14-22-18;;/h1-3,8,13-14,17,19H,4-7,9-12,21H2;2*1H/t17-,19+;;/m0../s1. The molecule has 0 spiro atoms. The van der Waals surface area contributed by atoms with Gasteiger partial charge in [0.15, 0.2) is 0 Å². The average Bonchev–Trinajstić information content (AvgIpc) is 3.01. The lowest BCUT2D eigenvalue weighted by molar-refractivity contribution is -0.140. The zero-order valence-electron chi connectivity index (χ0n) is 15.8. The number of aromatic nitrogens is 1. The molecule has 28 heavy (non-hydrogen) atoms. The van der Waals surface area contributed by atoms with Crippen LogP contribution in [0.15, 0.2) is 35.2 Å². The predicted octanol–water partition coefficient (Wildman–Crippen LogP) is 3.11. The number of nitrogens with zero attached hydrogens (tertiary/aromatic N) is 3. The molecule has 1 aromatic heterocycles. The molecule has 1 amide bonds. The largest absolute Gasteiger partial charge is 0.332 e. The number of carbonyl (C=O) groups excluding carboxylic acids is 1. The van der Waals surface area contributed by atoms with Crippen LogP contribution in [0.1, 0.15) is 29.7 Å². The number of hydrogen-bond donors (Lipinski definition) is 1. The summed E-state index contributed by atoms with van der Waals surface area (Å²) in [7, 11) is 0. The van der Waals surface area contributed by atoms with Gasteiger partial charge in [-0.25, -0.2) is 4.98 Å². The van der Waals surface area contributed by atoms with Crippen molar-refractivity contribution in [2.75, 3.05) is 19.6 Å². The lowest BCUT2D eigenvalue weighted by atomic mass is 9.94. The summed E-state index contributed by atoms with van der Waals surface area (Å²) in [5.41, 5.74) is 11.2. The molecule has 5 rings (SSSR count). The lowest BCUT2D eigenvalue weighted by Gasteiger charge is -2.35. The second kappa shape index (κ2) is 10.6. The number of piperidine rings is 1. The van der Waals surface area contributed by atoms with Gasteiger partial charge in [-0.3, -0.25) is 9.69 Å². The first kappa shape index (κ1) is 23.1. The minimum atomic E-state index is 0. The monoisotopic (exact) mass is 442 g/mol. The van der Waals surface area contributed by atoms with Gasteiger partial charge in [0.25, 0.3) is 0 Å². The summed E-state index contributed by atoms with van der Waals surface area (Å²) in [6, 6.07) is 9.00. The molecule has 2 aromatic rings. The highest BCUT2D eigenvalue weighted by Gasteiger charge is 2.40. The molecule has 8 heteroatoms. The van der Waals surface area contributed by atoms with Gasteiger partial charge in [-0.1, -0.05) is 24.3 Å². The van der Waals surface area contributed by atoms with Crippen molar-refractivity contribution < 1.29 is 4.79 Å². The van der Waals surface area contributed by atoms with Crippen LogP contribution in [-0.2, 0) is 24.3 Å². The third-order valence-corrected chi connectivity index (χ3v) is 6.15. The second-order valence-electron chi connectivity index (χ2n) is 7.43. The predicted molar refractivity (Wildman–Crippen MR) is 118 cm³/mol. The molecule has 1 aromatic carbocycles. The summed E-state index contributed by atoms with van der Waals surface area (Å²) in [5, 5.41) is 2.05. The Balaban J connectivity index is 0.00000140. The van der Waals surface area contributed by atoms with Crippen molar-refractivity contribution >= 4 is 42.1 Å². The van der Waals surface area contributed by atoms with Gasteiger partial charge in [0.05, 0.1) is 23.7 Å². The van der Waals surface area contributed by atoms with E-state index in [-0.39, 0.29) is 30.7 Å². The fourth-order valence-corrected chi connectivity index (χ4v) is 4.82. The minimum Gasteiger partial charge on any atom is -0.332 e. The molecule has 2 atom stereocenters. The van der Waals surface area contributed by atoms with E-state index < -0.39 is 0 Å². The molecular formula is C20H28Cl2N4OS. The molecule has 3 saturated heterocycles. The van der Waals surface area contributed by atoms with Crippen LogP contribution >= 0.6 is 36.2 Å².